The second-order valence-corrected chi connectivity index (χ2v) is 7.10. The van der Waals surface area contributed by atoms with Crippen LogP contribution in [0.3, 0.4) is 0 Å². The summed E-state index contributed by atoms with van der Waals surface area (Å²) in [5.41, 5.74) is 0.819. The molecule has 0 spiro atoms. The first-order valence-corrected chi connectivity index (χ1v) is 8.48. The molecule has 1 fully saturated rings. The van der Waals surface area contributed by atoms with Gasteiger partial charge in [-0.1, -0.05) is 36.8 Å². The molecule has 19 heavy (non-hydrogen) atoms. The molecule has 1 aromatic carbocycles. The predicted molar refractivity (Wildman–Crippen MR) is 77.3 cm³/mol. The van der Waals surface area contributed by atoms with E-state index >= 15 is 0 Å². The van der Waals surface area contributed by atoms with Crippen LogP contribution >= 0.6 is 0 Å². The highest BCUT2D eigenvalue weighted by molar-refractivity contribution is 7.88. The van der Waals surface area contributed by atoms with Crippen molar-refractivity contribution in [3.8, 4) is 0 Å². The second-order valence-electron chi connectivity index (χ2n) is 5.29. The first-order valence-electron chi connectivity index (χ1n) is 6.82. The Morgan fingerprint density at radius 3 is 2.68 bits per heavy atom. The third-order valence-electron chi connectivity index (χ3n) is 3.46. The Hall–Kier alpha value is -0.910. The average molecular weight is 282 g/mol. The van der Waals surface area contributed by atoms with Gasteiger partial charge in [0.25, 0.3) is 0 Å². The molecule has 2 unspecified atom stereocenters. The summed E-state index contributed by atoms with van der Waals surface area (Å²) >= 11 is 0. The van der Waals surface area contributed by atoms with Crippen molar-refractivity contribution >= 4 is 10.0 Å². The highest BCUT2D eigenvalue weighted by Crippen LogP contribution is 2.12. The molecule has 0 aliphatic carbocycles. The van der Waals surface area contributed by atoms with Crippen molar-refractivity contribution in [1.82, 2.24) is 10.0 Å². The summed E-state index contributed by atoms with van der Waals surface area (Å²) in [6, 6.07) is 10.0. The first kappa shape index (κ1) is 14.5. The molecule has 0 radical (unpaired) electrons. The standard InChI is InChI=1S/C14H22N2O2S/c1-12-6-5-9-14(16-12)10-15-19(17,18)11-13-7-3-2-4-8-13/h2-4,7-8,12,14-16H,5-6,9-11H2,1H3. The van der Waals surface area contributed by atoms with Gasteiger partial charge in [0.2, 0.25) is 10.0 Å². The molecule has 2 rings (SSSR count). The maximum absolute atomic E-state index is 12.0. The van der Waals surface area contributed by atoms with E-state index in [0.717, 1.165) is 12.0 Å². The van der Waals surface area contributed by atoms with E-state index in [-0.39, 0.29) is 11.8 Å². The molecule has 0 saturated carbocycles. The summed E-state index contributed by atoms with van der Waals surface area (Å²) in [6.45, 7) is 2.63. The molecule has 1 saturated heterocycles. The molecule has 2 N–H and O–H groups in total. The van der Waals surface area contributed by atoms with E-state index in [0.29, 0.717) is 12.6 Å². The molecule has 2 atom stereocenters. The van der Waals surface area contributed by atoms with E-state index in [4.69, 9.17) is 0 Å². The van der Waals surface area contributed by atoms with Gasteiger partial charge in [-0.05, 0) is 25.3 Å². The van der Waals surface area contributed by atoms with Crippen LogP contribution in [-0.4, -0.2) is 27.0 Å². The van der Waals surface area contributed by atoms with Crippen LogP contribution in [0.2, 0.25) is 0 Å². The fourth-order valence-electron chi connectivity index (χ4n) is 2.47. The van der Waals surface area contributed by atoms with Crippen molar-refractivity contribution in [2.45, 2.75) is 44.0 Å². The summed E-state index contributed by atoms with van der Waals surface area (Å²) in [6.07, 6.45) is 3.38. The van der Waals surface area contributed by atoms with Gasteiger partial charge in [-0.25, -0.2) is 13.1 Å². The lowest BCUT2D eigenvalue weighted by Crippen LogP contribution is -2.47. The van der Waals surface area contributed by atoms with Crippen LogP contribution in [0.5, 0.6) is 0 Å². The third-order valence-corrected chi connectivity index (χ3v) is 4.78. The van der Waals surface area contributed by atoms with Crippen molar-refractivity contribution in [3.63, 3.8) is 0 Å². The molecule has 0 bridgehead atoms. The molecule has 1 aliphatic heterocycles. The molecule has 106 valence electrons. The summed E-state index contributed by atoms with van der Waals surface area (Å²) in [4.78, 5) is 0. The molecule has 1 aromatic rings. The largest absolute Gasteiger partial charge is 0.310 e. The zero-order valence-corrected chi connectivity index (χ0v) is 12.1. The van der Waals surface area contributed by atoms with Crippen LogP contribution in [0.15, 0.2) is 30.3 Å². The van der Waals surface area contributed by atoms with Gasteiger partial charge in [0.15, 0.2) is 0 Å². The number of rotatable bonds is 5. The quantitative estimate of drug-likeness (QED) is 0.863. The van der Waals surface area contributed by atoms with E-state index in [1.54, 1.807) is 0 Å². The van der Waals surface area contributed by atoms with Gasteiger partial charge in [0, 0.05) is 18.6 Å². The summed E-state index contributed by atoms with van der Waals surface area (Å²) in [5, 5.41) is 3.43. The number of sulfonamides is 1. The van der Waals surface area contributed by atoms with E-state index in [1.807, 2.05) is 30.3 Å². The lowest BCUT2D eigenvalue weighted by molar-refractivity contribution is 0.334. The van der Waals surface area contributed by atoms with Crippen LogP contribution in [0.4, 0.5) is 0 Å². The fourth-order valence-corrected chi connectivity index (χ4v) is 3.66. The van der Waals surface area contributed by atoms with Crippen LogP contribution in [0.25, 0.3) is 0 Å². The molecule has 0 aromatic heterocycles. The fraction of sp³-hybridized carbons (Fsp3) is 0.571. The average Bonchev–Trinajstić information content (AvgIpc) is 2.37. The number of piperidine rings is 1. The summed E-state index contributed by atoms with van der Waals surface area (Å²) < 4.78 is 26.7. The molecule has 1 aliphatic rings. The van der Waals surface area contributed by atoms with Gasteiger partial charge in [-0.2, -0.15) is 0 Å². The Balaban J connectivity index is 1.84. The Bertz CT molecular complexity index is 487. The van der Waals surface area contributed by atoms with E-state index in [1.165, 1.54) is 12.8 Å². The van der Waals surface area contributed by atoms with Gasteiger partial charge in [0.05, 0.1) is 5.75 Å². The van der Waals surface area contributed by atoms with E-state index in [9.17, 15) is 8.42 Å². The van der Waals surface area contributed by atoms with Crippen LogP contribution in [0, 0.1) is 0 Å². The van der Waals surface area contributed by atoms with Gasteiger partial charge < -0.3 is 5.32 Å². The van der Waals surface area contributed by atoms with Crippen molar-refractivity contribution in [1.29, 1.82) is 0 Å². The zero-order valence-electron chi connectivity index (χ0n) is 11.3. The minimum absolute atomic E-state index is 0.0517. The predicted octanol–water partition coefficient (Wildman–Crippen LogP) is 1.64. The topological polar surface area (TPSA) is 58.2 Å². The highest BCUT2D eigenvalue weighted by Gasteiger charge is 2.20. The SMILES string of the molecule is CC1CCCC(CNS(=O)(=O)Cc2ccccc2)N1. The molecular weight excluding hydrogens is 260 g/mol. The monoisotopic (exact) mass is 282 g/mol. The smallest absolute Gasteiger partial charge is 0.215 e. The lowest BCUT2D eigenvalue weighted by atomic mass is 10.00. The Kier molecular flexibility index (Phi) is 4.96. The highest BCUT2D eigenvalue weighted by atomic mass is 32.2. The first-order chi connectivity index (χ1) is 9.05. The number of hydrogen-bond acceptors (Lipinski definition) is 3. The van der Waals surface area contributed by atoms with Gasteiger partial charge >= 0.3 is 0 Å². The lowest BCUT2D eigenvalue weighted by Gasteiger charge is -2.28. The maximum atomic E-state index is 12.0. The molecule has 4 nitrogen and oxygen atoms in total. The van der Waals surface area contributed by atoms with Gasteiger partial charge in [-0.15, -0.1) is 0 Å². The summed E-state index contributed by atoms with van der Waals surface area (Å²) in [5.74, 6) is 0.0517. The summed E-state index contributed by atoms with van der Waals surface area (Å²) in [7, 11) is -3.24. The number of nitrogens with one attached hydrogen (secondary N) is 2. The van der Waals surface area contributed by atoms with Crippen molar-refractivity contribution in [2.75, 3.05) is 6.54 Å². The zero-order chi connectivity index (χ0) is 13.7. The second kappa shape index (κ2) is 6.50. The van der Waals surface area contributed by atoms with Crippen molar-refractivity contribution in [2.24, 2.45) is 0 Å². The van der Waals surface area contributed by atoms with Crippen molar-refractivity contribution in [3.05, 3.63) is 35.9 Å². The number of hydrogen-bond donors (Lipinski definition) is 2. The van der Waals surface area contributed by atoms with E-state index in [2.05, 4.69) is 17.0 Å². The normalized spacial score (nSPS) is 24.3. The maximum Gasteiger partial charge on any atom is 0.215 e. The molecular formula is C14H22N2O2S. The molecule has 1 heterocycles. The molecule has 0 amide bonds. The Morgan fingerprint density at radius 1 is 1.26 bits per heavy atom. The van der Waals surface area contributed by atoms with Crippen LogP contribution in [-0.2, 0) is 15.8 Å². The van der Waals surface area contributed by atoms with Gasteiger partial charge in [-0.3, -0.25) is 0 Å². The minimum Gasteiger partial charge on any atom is -0.310 e. The van der Waals surface area contributed by atoms with Gasteiger partial charge in [0.1, 0.15) is 0 Å². The Morgan fingerprint density at radius 2 is 2.00 bits per heavy atom. The Labute approximate surface area is 115 Å². The minimum atomic E-state index is -3.24. The third kappa shape index (κ3) is 4.93. The number of benzene rings is 1. The van der Waals surface area contributed by atoms with Crippen LogP contribution in [0.1, 0.15) is 31.7 Å². The van der Waals surface area contributed by atoms with Crippen LogP contribution < -0.4 is 10.0 Å². The molecule has 5 heteroatoms. The van der Waals surface area contributed by atoms with E-state index < -0.39 is 10.0 Å². The van der Waals surface area contributed by atoms with Crippen molar-refractivity contribution < 1.29 is 8.42 Å².